The first kappa shape index (κ1) is 8.35. The Morgan fingerprint density at radius 3 is 2.75 bits per heavy atom. The van der Waals surface area contributed by atoms with Crippen molar-refractivity contribution in [3.63, 3.8) is 0 Å². The van der Waals surface area contributed by atoms with Gasteiger partial charge in [-0.15, -0.1) is 0 Å². The van der Waals surface area contributed by atoms with Crippen molar-refractivity contribution >= 4 is 17.4 Å². The van der Waals surface area contributed by atoms with Gasteiger partial charge < -0.3 is 11.1 Å². The summed E-state index contributed by atoms with van der Waals surface area (Å²) in [6.07, 6.45) is 0. The lowest BCUT2D eigenvalue weighted by atomic mass is 10.3. The maximum absolute atomic E-state index is 10.7. The van der Waals surface area contributed by atoms with E-state index in [0.717, 1.165) is 0 Å². The highest BCUT2D eigenvalue weighted by Gasteiger charge is 1.97. The Labute approximate surface area is 69.7 Å². The summed E-state index contributed by atoms with van der Waals surface area (Å²) in [4.78, 5) is 10.7. The quantitative estimate of drug-likeness (QED) is 0.209. The van der Waals surface area contributed by atoms with Crippen LogP contribution in [0.15, 0.2) is 24.3 Å². The average Bonchev–Trinajstić information content (AvgIpc) is 2.04. The topological polar surface area (TPSA) is 93.2 Å². The molecule has 5 heteroatoms. The molecule has 0 heterocycles. The van der Waals surface area contributed by atoms with Crippen LogP contribution in [-0.4, -0.2) is 6.03 Å². The lowest BCUT2D eigenvalue weighted by Gasteiger charge is -2.03. The lowest BCUT2D eigenvalue weighted by Crippen LogP contribution is -2.34. The molecule has 0 radical (unpaired) electrons. The summed E-state index contributed by atoms with van der Waals surface area (Å²) >= 11 is 0. The van der Waals surface area contributed by atoms with Crippen LogP contribution in [0.5, 0.6) is 0 Å². The van der Waals surface area contributed by atoms with Crippen LogP contribution in [0.25, 0.3) is 0 Å². The van der Waals surface area contributed by atoms with E-state index in [9.17, 15) is 4.79 Å². The van der Waals surface area contributed by atoms with Crippen molar-refractivity contribution in [3.05, 3.63) is 24.3 Å². The number of carbonyl (C=O) groups excluding carboxylic acids is 1. The normalized spacial score (nSPS) is 9.08. The van der Waals surface area contributed by atoms with Crippen molar-refractivity contribution in [2.45, 2.75) is 0 Å². The number of urea groups is 1. The summed E-state index contributed by atoms with van der Waals surface area (Å²) in [5, 5.41) is 2.48. The van der Waals surface area contributed by atoms with E-state index in [-0.39, 0.29) is 0 Å². The van der Waals surface area contributed by atoms with Gasteiger partial charge in [0.05, 0.1) is 0 Å². The smallest absolute Gasteiger partial charge is 0.333 e. The number of nitrogens with one attached hydrogen (secondary N) is 2. The number of carbonyl (C=O) groups is 1. The molecule has 5 nitrogen and oxygen atoms in total. The standard InChI is InChI=1S/C7H10N4O/c8-5-2-1-3-6(4-5)10-7(12)11-9/h1-4H,8-9H2,(H2,10,11,12). The van der Waals surface area contributed by atoms with Gasteiger partial charge in [0.2, 0.25) is 0 Å². The molecule has 0 aliphatic heterocycles. The maximum atomic E-state index is 10.7. The molecule has 0 bridgehead atoms. The largest absolute Gasteiger partial charge is 0.399 e. The second kappa shape index (κ2) is 3.59. The van der Waals surface area contributed by atoms with E-state index in [1.807, 2.05) is 5.43 Å². The van der Waals surface area contributed by atoms with Gasteiger partial charge in [-0.05, 0) is 18.2 Å². The number of rotatable bonds is 1. The lowest BCUT2D eigenvalue weighted by molar-refractivity contribution is 0.252. The fourth-order valence-electron chi connectivity index (χ4n) is 0.784. The second-order valence-electron chi connectivity index (χ2n) is 2.22. The second-order valence-corrected chi connectivity index (χ2v) is 2.22. The highest BCUT2D eigenvalue weighted by atomic mass is 16.2. The summed E-state index contributed by atoms with van der Waals surface area (Å²) in [6.45, 7) is 0. The van der Waals surface area contributed by atoms with Crippen molar-refractivity contribution < 1.29 is 4.79 Å². The number of nitrogens with two attached hydrogens (primary N) is 2. The molecule has 0 aromatic heterocycles. The minimum Gasteiger partial charge on any atom is -0.399 e. The zero-order chi connectivity index (χ0) is 8.97. The number of hydrazine groups is 1. The molecule has 12 heavy (non-hydrogen) atoms. The molecule has 1 rings (SSSR count). The Hall–Kier alpha value is -1.75. The van der Waals surface area contributed by atoms with Crippen LogP contribution in [0.1, 0.15) is 0 Å². The third-order valence-corrected chi connectivity index (χ3v) is 1.28. The molecule has 0 saturated heterocycles. The Balaban J connectivity index is 2.69. The predicted octanol–water partition coefficient (Wildman–Crippen LogP) is 0.264. The van der Waals surface area contributed by atoms with Gasteiger partial charge in [0.15, 0.2) is 0 Å². The Morgan fingerprint density at radius 2 is 2.17 bits per heavy atom. The molecule has 0 saturated carbocycles. The predicted molar refractivity (Wildman–Crippen MR) is 47.2 cm³/mol. The molecule has 0 aliphatic rings. The molecule has 0 unspecified atom stereocenters. The van der Waals surface area contributed by atoms with E-state index < -0.39 is 6.03 Å². The van der Waals surface area contributed by atoms with E-state index in [0.29, 0.717) is 11.4 Å². The third-order valence-electron chi connectivity index (χ3n) is 1.28. The highest BCUT2D eigenvalue weighted by molar-refractivity contribution is 5.89. The fraction of sp³-hybridized carbons (Fsp3) is 0. The molecule has 6 N–H and O–H groups in total. The number of hydrogen-bond acceptors (Lipinski definition) is 3. The minimum absolute atomic E-state index is 0.472. The SMILES string of the molecule is NNC(=O)Nc1cccc(N)c1. The highest BCUT2D eigenvalue weighted by Crippen LogP contribution is 2.10. The zero-order valence-electron chi connectivity index (χ0n) is 6.37. The van der Waals surface area contributed by atoms with Gasteiger partial charge in [0.1, 0.15) is 0 Å². The van der Waals surface area contributed by atoms with Crippen molar-refractivity contribution in [1.82, 2.24) is 5.43 Å². The third kappa shape index (κ3) is 2.14. The molecule has 0 atom stereocenters. The van der Waals surface area contributed by atoms with Gasteiger partial charge >= 0.3 is 6.03 Å². The summed E-state index contributed by atoms with van der Waals surface area (Å²) < 4.78 is 0. The van der Waals surface area contributed by atoms with E-state index in [4.69, 9.17) is 11.6 Å². The Bertz CT molecular complexity index is 286. The van der Waals surface area contributed by atoms with E-state index in [1.54, 1.807) is 24.3 Å². The molecule has 64 valence electrons. The monoisotopic (exact) mass is 166 g/mol. The number of nitrogen functional groups attached to an aromatic ring is 1. The van der Waals surface area contributed by atoms with Crippen LogP contribution in [-0.2, 0) is 0 Å². The first-order valence-electron chi connectivity index (χ1n) is 3.35. The number of hydrogen-bond donors (Lipinski definition) is 4. The number of benzene rings is 1. The van der Waals surface area contributed by atoms with Gasteiger partial charge in [-0.1, -0.05) is 6.07 Å². The van der Waals surface area contributed by atoms with Crippen LogP contribution in [0.2, 0.25) is 0 Å². The molecule has 1 aromatic carbocycles. The molecular formula is C7H10N4O. The first-order chi connectivity index (χ1) is 5.72. The van der Waals surface area contributed by atoms with Gasteiger partial charge in [-0.2, -0.15) is 0 Å². The minimum atomic E-state index is -0.472. The van der Waals surface area contributed by atoms with Gasteiger partial charge in [0, 0.05) is 11.4 Å². The van der Waals surface area contributed by atoms with Gasteiger partial charge in [-0.3, -0.25) is 5.43 Å². The Morgan fingerprint density at radius 1 is 1.42 bits per heavy atom. The summed E-state index contributed by atoms with van der Waals surface area (Å²) in [5.41, 5.74) is 8.61. The van der Waals surface area contributed by atoms with Gasteiger partial charge in [-0.25, -0.2) is 10.6 Å². The molecule has 0 aliphatic carbocycles. The summed E-state index contributed by atoms with van der Waals surface area (Å²) in [7, 11) is 0. The maximum Gasteiger partial charge on any atom is 0.333 e. The number of amides is 2. The average molecular weight is 166 g/mol. The van der Waals surface area contributed by atoms with Crippen molar-refractivity contribution in [2.24, 2.45) is 5.84 Å². The fourth-order valence-corrected chi connectivity index (χ4v) is 0.784. The van der Waals surface area contributed by atoms with Crippen molar-refractivity contribution in [2.75, 3.05) is 11.1 Å². The van der Waals surface area contributed by atoms with Gasteiger partial charge in [0.25, 0.3) is 0 Å². The zero-order valence-corrected chi connectivity index (χ0v) is 6.37. The molecule has 2 amide bonds. The molecule has 0 spiro atoms. The van der Waals surface area contributed by atoms with E-state index >= 15 is 0 Å². The molecule has 1 aromatic rings. The van der Waals surface area contributed by atoms with E-state index in [1.165, 1.54) is 0 Å². The van der Waals surface area contributed by atoms with Crippen LogP contribution in [0.4, 0.5) is 16.2 Å². The van der Waals surface area contributed by atoms with Crippen LogP contribution >= 0.6 is 0 Å². The van der Waals surface area contributed by atoms with Crippen LogP contribution < -0.4 is 22.3 Å². The summed E-state index contributed by atoms with van der Waals surface area (Å²) in [6, 6.07) is 6.34. The van der Waals surface area contributed by atoms with Crippen molar-refractivity contribution in [3.8, 4) is 0 Å². The van der Waals surface area contributed by atoms with Crippen LogP contribution in [0.3, 0.4) is 0 Å². The summed E-state index contributed by atoms with van der Waals surface area (Å²) in [5.74, 6) is 4.86. The molecule has 0 fully saturated rings. The van der Waals surface area contributed by atoms with Crippen molar-refractivity contribution in [1.29, 1.82) is 0 Å². The van der Waals surface area contributed by atoms with E-state index in [2.05, 4.69) is 5.32 Å². The first-order valence-corrected chi connectivity index (χ1v) is 3.35. The van der Waals surface area contributed by atoms with Crippen LogP contribution in [0, 0.1) is 0 Å². The molecular weight excluding hydrogens is 156 g/mol. The Kier molecular flexibility index (Phi) is 2.49. The number of anilines is 2.